The van der Waals surface area contributed by atoms with Gasteiger partial charge in [-0.15, -0.1) is 0 Å². The molecule has 0 spiro atoms. The van der Waals surface area contributed by atoms with E-state index in [0.717, 1.165) is 5.56 Å². The van der Waals surface area contributed by atoms with E-state index in [0.29, 0.717) is 11.5 Å². The molecule has 98 valence electrons. The Kier molecular flexibility index (Phi) is 4.18. The first-order valence-corrected chi connectivity index (χ1v) is 6.12. The Morgan fingerprint density at radius 2 is 1.53 bits per heavy atom. The van der Waals surface area contributed by atoms with Crippen molar-refractivity contribution in [3.63, 3.8) is 0 Å². The Morgan fingerprint density at radius 1 is 0.947 bits per heavy atom. The highest BCUT2D eigenvalue weighted by Crippen LogP contribution is 2.27. The minimum Gasteiger partial charge on any atom is -0.493 e. The van der Waals surface area contributed by atoms with Crippen molar-refractivity contribution in [2.24, 2.45) is 0 Å². The lowest BCUT2D eigenvalue weighted by Crippen LogP contribution is -2.16. The van der Waals surface area contributed by atoms with E-state index < -0.39 is 0 Å². The Bertz CT molecular complexity index is 549. The lowest BCUT2D eigenvalue weighted by Gasteiger charge is -2.13. The number of para-hydroxylation sites is 2. The normalized spacial score (nSPS) is 11.7. The van der Waals surface area contributed by atoms with Crippen LogP contribution in [0, 0.1) is 0 Å². The molecule has 0 radical (unpaired) electrons. The molecule has 19 heavy (non-hydrogen) atoms. The van der Waals surface area contributed by atoms with E-state index in [1.54, 1.807) is 25.3 Å². The number of carbonyl (C=O) groups is 1. The minimum absolute atomic E-state index is 0.296. The molecule has 0 saturated carbocycles. The van der Waals surface area contributed by atoms with Crippen LogP contribution >= 0.6 is 0 Å². The average molecular weight is 256 g/mol. The maximum atomic E-state index is 12.1. The number of esters is 1. The number of hydrogen-bond donors (Lipinski definition) is 0. The molecule has 3 nitrogen and oxygen atoms in total. The van der Waals surface area contributed by atoms with Crippen LogP contribution in [-0.2, 0) is 4.79 Å². The van der Waals surface area contributed by atoms with Gasteiger partial charge in [-0.2, -0.15) is 0 Å². The van der Waals surface area contributed by atoms with Gasteiger partial charge < -0.3 is 9.47 Å². The third kappa shape index (κ3) is 3.13. The molecule has 0 aliphatic heterocycles. The predicted molar refractivity (Wildman–Crippen MR) is 73.5 cm³/mol. The standard InChI is InChI=1S/C16H16O3/c1-12(13-8-4-3-5-9-13)16(17)19-15-11-7-6-10-14(15)18-2/h3-12H,1-2H3. The summed E-state index contributed by atoms with van der Waals surface area (Å²) in [6.07, 6.45) is 0. The quantitative estimate of drug-likeness (QED) is 0.621. The van der Waals surface area contributed by atoms with Crippen LogP contribution in [0.5, 0.6) is 11.5 Å². The van der Waals surface area contributed by atoms with E-state index in [2.05, 4.69) is 0 Å². The minimum atomic E-state index is -0.314. The molecule has 0 N–H and O–H groups in total. The molecule has 1 unspecified atom stereocenters. The van der Waals surface area contributed by atoms with Crippen LogP contribution in [-0.4, -0.2) is 13.1 Å². The summed E-state index contributed by atoms with van der Waals surface area (Å²) >= 11 is 0. The van der Waals surface area contributed by atoms with Gasteiger partial charge in [-0.05, 0) is 24.6 Å². The van der Waals surface area contributed by atoms with E-state index in [4.69, 9.17) is 9.47 Å². The lowest BCUT2D eigenvalue weighted by molar-refractivity contribution is -0.135. The van der Waals surface area contributed by atoms with Crippen LogP contribution < -0.4 is 9.47 Å². The summed E-state index contributed by atoms with van der Waals surface area (Å²) < 4.78 is 10.5. The SMILES string of the molecule is COc1ccccc1OC(=O)C(C)c1ccccc1. The van der Waals surface area contributed by atoms with Gasteiger partial charge in [-0.3, -0.25) is 4.79 Å². The number of benzene rings is 2. The molecule has 0 aromatic heterocycles. The summed E-state index contributed by atoms with van der Waals surface area (Å²) in [7, 11) is 1.55. The van der Waals surface area contributed by atoms with Gasteiger partial charge in [0.2, 0.25) is 0 Å². The molecule has 0 heterocycles. The third-order valence-electron chi connectivity index (χ3n) is 2.93. The smallest absolute Gasteiger partial charge is 0.318 e. The van der Waals surface area contributed by atoms with Crippen molar-refractivity contribution >= 4 is 5.97 Å². The number of rotatable bonds is 4. The molecule has 2 aromatic rings. The van der Waals surface area contributed by atoms with Crippen molar-refractivity contribution in [1.82, 2.24) is 0 Å². The van der Waals surface area contributed by atoms with E-state index in [1.165, 1.54) is 0 Å². The molecule has 2 aromatic carbocycles. The molecule has 0 bridgehead atoms. The molecule has 0 aliphatic rings. The molecule has 0 saturated heterocycles. The first-order valence-electron chi connectivity index (χ1n) is 6.12. The predicted octanol–water partition coefficient (Wildman–Crippen LogP) is 3.40. The fourth-order valence-corrected chi connectivity index (χ4v) is 1.78. The fourth-order valence-electron chi connectivity index (χ4n) is 1.78. The summed E-state index contributed by atoms with van der Waals surface area (Å²) in [5.74, 6) is 0.385. The Morgan fingerprint density at radius 3 is 2.16 bits per heavy atom. The van der Waals surface area contributed by atoms with Gasteiger partial charge in [0.05, 0.1) is 13.0 Å². The van der Waals surface area contributed by atoms with E-state index >= 15 is 0 Å². The third-order valence-corrected chi connectivity index (χ3v) is 2.93. The van der Waals surface area contributed by atoms with Gasteiger partial charge >= 0.3 is 5.97 Å². The van der Waals surface area contributed by atoms with Gasteiger partial charge in [0, 0.05) is 0 Å². The van der Waals surface area contributed by atoms with Crippen LogP contribution in [0.1, 0.15) is 18.4 Å². The highest BCUT2D eigenvalue weighted by Gasteiger charge is 2.18. The van der Waals surface area contributed by atoms with E-state index in [-0.39, 0.29) is 11.9 Å². The monoisotopic (exact) mass is 256 g/mol. The van der Waals surface area contributed by atoms with Crippen molar-refractivity contribution in [2.45, 2.75) is 12.8 Å². The zero-order valence-corrected chi connectivity index (χ0v) is 11.0. The van der Waals surface area contributed by atoms with Gasteiger partial charge in [-0.25, -0.2) is 0 Å². The molecular weight excluding hydrogens is 240 g/mol. The number of hydrogen-bond acceptors (Lipinski definition) is 3. The number of ether oxygens (including phenoxy) is 2. The second kappa shape index (κ2) is 6.05. The van der Waals surface area contributed by atoms with Gasteiger partial charge in [0.15, 0.2) is 11.5 Å². The topological polar surface area (TPSA) is 35.5 Å². The zero-order chi connectivity index (χ0) is 13.7. The van der Waals surface area contributed by atoms with Crippen LogP contribution in [0.15, 0.2) is 54.6 Å². The second-order valence-corrected chi connectivity index (χ2v) is 4.20. The fraction of sp³-hybridized carbons (Fsp3) is 0.188. The zero-order valence-electron chi connectivity index (χ0n) is 11.0. The highest BCUT2D eigenvalue weighted by atomic mass is 16.6. The van der Waals surface area contributed by atoms with Crippen LogP contribution in [0.4, 0.5) is 0 Å². The van der Waals surface area contributed by atoms with Crippen molar-refractivity contribution < 1.29 is 14.3 Å². The van der Waals surface area contributed by atoms with E-state index in [1.807, 2.05) is 43.3 Å². The maximum absolute atomic E-state index is 12.1. The van der Waals surface area contributed by atoms with E-state index in [9.17, 15) is 4.79 Å². The van der Waals surface area contributed by atoms with Gasteiger partial charge in [0.25, 0.3) is 0 Å². The summed E-state index contributed by atoms with van der Waals surface area (Å²) in [6, 6.07) is 16.7. The van der Waals surface area contributed by atoms with Gasteiger partial charge in [-0.1, -0.05) is 42.5 Å². The van der Waals surface area contributed by atoms with Crippen molar-refractivity contribution in [2.75, 3.05) is 7.11 Å². The summed E-state index contributed by atoms with van der Waals surface area (Å²) in [5, 5.41) is 0. The molecule has 1 atom stereocenters. The second-order valence-electron chi connectivity index (χ2n) is 4.20. The summed E-state index contributed by atoms with van der Waals surface area (Å²) in [4.78, 5) is 12.1. The van der Waals surface area contributed by atoms with Crippen molar-refractivity contribution in [3.8, 4) is 11.5 Å². The Labute approximate surface area is 112 Å². The first kappa shape index (κ1) is 13.1. The first-order chi connectivity index (χ1) is 9.22. The summed E-state index contributed by atoms with van der Waals surface area (Å²) in [5.41, 5.74) is 0.933. The molecule has 3 heteroatoms. The maximum Gasteiger partial charge on any atom is 0.318 e. The summed E-state index contributed by atoms with van der Waals surface area (Å²) in [6.45, 7) is 1.83. The molecule has 0 aliphatic carbocycles. The highest BCUT2D eigenvalue weighted by molar-refractivity contribution is 5.80. The van der Waals surface area contributed by atoms with Gasteiger partial charge in [0.1, 0.15) is 0 Å². The Balaban J connectivity index is 2.13. The van der Waals surface area contributed by atoms with Crippen LogP contribution in [0.3, 0.4) is 0 Å². The average Bonchev–Trinajstić information content (AvgIpc) is 2.48. The van der Waals surface area contributed by atoms with Crippen LogP contribution in [0.2, 0.25) is 0 Å². The van der Waals surface area contributed by atoms with Crippen molar-refractivity contribution in [1.29, 1.82) is 0 Å². The largest absolute Gasteiger partial charge is 0.493 e. The van der Waals surface area contributed by atoms with Crippen LogP contribution in [0.25, 0.3) is 0 Å². The molecule has 0 amide bonds. The molecular formula is C16H16O3. The number of methoxy groups -OCH3 is 1. The lowest BCUT2D eigenvalue weighted by atomic mass is 10.0. The molecule has 2 rings (SSSR count). The Hall–Kier alpha value is -2.29. The van der Waals surface area contributed by atoms with Crippen molar-refractivity contribution in [3.05, 3.63) is 60.2 Å². The molecule has 0 fully saturated rings. The number of carbonyl (C=O) groups excluding carboxylic acids is 1.